The molecule has 0 aliphatic heterocycles. The van der Waals surface area contributed by atoms with Crippen LogP contribution in [-0.4, -0.2) is 45.3 Å². The molecule has 0 aromatic heterocycles. The van der Waals surface area contributed by atoms with Crippen molar-refractivity contribution >= 4 is 10.1 Å². The van der Waals surface area contributed by atoms with Gasteiger partial charge in [-0.1, -0.05) is 50.0 Å². The third kappa shape index (κ3) is 9.02. The van der Waals surface area contributed by atoms with Crippen LogP contribution in [0.25, 0.3) is 0 Å². The number of hydrogen-bond donors (Lipinski definition) is 1. The number of rotatable bonds is 7. The van der Waals surface area contributed by atoms with E-state index in [-0.39, 0.29) is 17.9 Å². The minimum absolute atomic E-state index is 0.0364. The van der Waals surface area contributed by atoms with E-state index in [1.807, 2.05) is 19.8 Å². The van der Waals surface area contributed by atoms with Gasteiger partial charge in [0.1, 0.15) is 12.5 Å². The molecule has 0 spiro atoms. The molecule has 2 rings (SSSR count). The maximum atomic E-state index is 12.8. The smallest absolute Gasteiger partial charge is 0.376 e. The summed E-state index contributed by atoms with van der Waals surface area (Å²) in [5, 5.41) is 7.65. The van der Waals surface area contributed by atoms with Gasteiger partial charge in [0.05, 0.1) is 0 Å². The summed E-state index contributed by atoms with van der Waals surface area (Å²) in [6, 6.07) is 8.35. The monoisotopic (exact) mass is 636 g/mol. The summed E-state index contributed by atoms with van der Waals surface area (Å²) >= 11 is 0. The Balaban J connectivity index is 0.00000206. The Kier molecular flexibility index (Phi) is 12.4. The third-order valence-corrected chi connectivity index (χ3v) is 7.30. The van der Waals surface area contributed by atoms with Crippen molar-refractivity contribution in [1.29, 1.82) is 0 Å². The predicted octanol–water partition coefficient (Wildman–Crippen LogP) is 7.31. The van der Waals surface area contributed by atoms with Crippen molar-refractivity contribution in [2.24, 2.45) is 5.92 Å². The SMILES string of the molecule is CCC(CC)(c1ccc(C#CC(C(F)(F)F)C(F)(F)F)c(C)c1)c1ccc(OS(=O)(=O)C(F)(F)F)c(C)c1.COCO. The van der Waals surface area contributed by atoms with Crippen LogP contribution < -0.4 is 4.18 Å². The zero-order valence-corrected chi connectivity index (χ0v) is 23.9. The maximum absolute atomic E-state index is 12.8. The lowest BCUT2D eigenvalue weighted by atomic mass is 9.70. The van der Waals surface area contributed by atoms with Gasteiger partial charge in [-0.05, 0) is 61.1 Å². The van der Waals surface area contributed by atoms with Crippen LogP contribution >= 0.6 is 0 Å². The Morgan fingerprint density at radius 1 is 0.833 bits per heavy atom. The summed E-state index contributed by atoms with van der Waals surface area (Å²) in [5.41, 5.74) is -4.79. The van der Waals surface area contributed by atoms with E-state index in [1.165, 1.54) is 51.1 Å². The number of methoxy groups -OCH3 is 1. The van der Waals surface area contributed by atoms with Crippen LogP contribution in [0.1, 0.15) is 54.5 Å². The topological polar surface area (TPSA) is 72.8 Å². The summed E-state index contributed by atoms with van der Waals surface area (Å²) in [6.07, 6.45) is -10.3. The molecule has 0 aliphatic rings. The predicted molar refractivity (Wildman–Crippen MR) is 136 cm³/mol. The first-order valence-electron chi connectivity index (χ1n) is 12.1. The quantitative estimate of drug-likeness (QED) is 0.114. The zero-order chi connectivity index (χ0) is 32.7. The highest BCUT2D eigenvalue weighted by Crippen LogP contribution is 2.42. The Labute approximate surface area is 237 Å². The number of ether oxygens (including phenoxy) is 1. The minimum Gasteiger partial charge on any atom is -0.376 e. The molecule has 42 heavy (non-hydrogen) atoms. The molecule has 2 aromatic rings. The molecular weight excluding hydrogens is 607 g/mol. The molecule has 0 saturated heterocycles. The zero-order valence-electron chi connectivity index (χ0n) is 23.1. The van der Waals surface area contributed by atoms with Gasteiger partial charge in [0.25, 0.3) is 0 Å². The van der Waals surface area contributed by atoms with Crippen molar-refractivity contribution in [2.45, 2.75) is 63.8 Å². The third-order valence-electron chi connectivity index (χ3n) is 6.33. The van der Waals surface area contributed by atoms with Gasteiger partial charge < -0.3 is 14.0 Å². The van der Waals surface area contributed by atoms with Crippen LogP contribution in [-0.2, 0) is 20.3 Å². The van der Waals surface area contributed by atoms with E-state index < -0.39 is 45.1 Å². The van der Waals surface area contributed by atoms with Gasteiger partial charge in [-0.3, -0.25) is 0 Å². The second-order valence-corrected chi connectivity index (χ2v) is 10.5. The summed E-state index contributed by atoms with van der Waals surface area (Å²) in [5.74, 6) is -1.07. The number of alkyl halides is 9. The average Bonchev–Trinajstić information content (AvgIpc) is 2.85. The highest BCUT2D eigenvalue weighted by molar-refractivity contribution is 7.88. The van der Waals surface area contributed by atoms with E-state index in [9.17, 15) is 47.9 Å². The van der Waals surface area contributed by atoms with Crippen LogP contribution in [0.4, 0.5) is 39.5 Å². The van der Waals surface area contributed by atoms with E-state index in [1.54, 1.807) is 6.07 Å². The average molecular weight is 637 g/mol. The number of aryl methyl sites for hydroxylation is 2. The fourth-order valence-corrected chi connectivity index (χ4v) is 4.56. The van der Waals surface area contributed by atoms with Crippen LogP contribution in [0.3, 0.4) is 0 Å². The van der Waals surface area contributed by atoms with E-state index in [0.29, 0.717) is 29.5 Å². The van der Waals surface area contributed by atoms with Crippen molar-refractivity contribution in [3.63, 3.8) is 0 Å². The molecule has 2 aromatic carbocycles. The van der Waals surface area contributed by atoms with E-state index in [4.69, 9.17) is 5.11 Å². The molecule has 0 atom stereocenters. The van der Waals surface area contributed by atoms with E-state index in [0.717, 1.165) is 6.07 Å². The number of aliphatic hydroxyl groups excluding tert-OH is 1. The van der Waals surface area contributed by atoms with Gasteiger partial charge in [0.2, 0.25) is 5.92 Å². The van der Waals surface area contributed by atoms with Gasteiger partial charge in [-0.2, -0.15) is 47.9 Å². The standard InChI is InChI=1S/C25H23F9O3S.C2H6O2/c1-5-22(6-2,19-10-11-20(16(4)14-19)37-38(35,36)25(32,33)34)18-9-7-17(15(3)13-18)8-12-21(23(26,27)28)24(29,30)31;1-4-2-3/h7,9-11,13-14,21H,5-6H2,1-4H3;3H,2H2,1H3. The summed E-state index contributed by atoms with van der Waals surface area (Å²) < 4.78 is 146. The molecule has 15 heteroatoms. The van der Waals surface area contributed by atoms with Crippen LogP contribution in [0, 0.1) is 31.6 Å². The molecule has 0 saturated carbocycles. The molecule has 5 nitrogen and oxygen atoms in total. The normalized spacial score (nSPS) is 12.8. The Bertz CT molecular complexity index is 1350. The highest BCUT2D eigenvalue weighted by Gasteiger charge is 2.56. The molecule has 1 N–H and O–H groups in total. The molecule has 0 amide bonds. The van der Waals surface area contributed by atoms with Crippen molar-refractivity contribution in [1.82, 2.24) is 0 Å². The van der Waals surface area contributed by atoms with Crippen molar-refractivity contribution in [2.75, 3.05) is 13.9 Å². The Morgan fingerprint density at radius 3 is 1.64 bits per heavy atom. The molecule has 0 fully saturated rings. The minimum atomic E-state index is -5.88. The van der Waals surface area contributed by atoms with Gasteiger partial charge in [0.15, 0.2) is 0 Å². The van der Waals surface area contributed by atoms with Crippen LogP contribution in [0.15, 0.2) is 36.4 Å². The number of hydrogen-bond acceptors (Lipinski definition) is 5. The fourth-order valence-electron chi connectivity index (χ4n) is 4.04. The van der Waals surface area contributed by atoms with Crippen molar-refractivity contribution in [3.8, 4) is 17.6 Å². The lowest BCUT2D eigenvalue weighted by Crippen LogP contribution is -2.35. The van der Waals surface area contributed by atoms with Gasteiger partial charge in [-0.15, -0.1) is 0 Å². The van der Waals surface area contributed by atoms with Crippen LogP contribution in [0.5, 0.6) is 5.75 Å². The fraction of sp³-hybridized carbons (Fsp3) is 0.481. The van der Waals surface area contributed by atoms with Gasteiger partial charge >= 0.3 is 28.0 Å². The summed E-state index contributed by atoms with van der Waals surface area (Å²) in [7, 11) is -4.45. The number of aliphatic hydroxyl groups is 1. The molecule has 0 bridgehead atoms. The van der Waals surface area contributed by atoms with E-state index >= 15 is 0 Å². The van der Waals surface area contributed by atoms with E-state index in [2.05, 4.69) is 8.92 Å². The first-order valence-corrected chi connectivity index (χ1v) is 13.5. The second-order valence-electron chi connectivity index (χ2n) is 8.99. The molecule has 0 unspecified atom stereocenters. The summed E-state index contributed by atoms with van der Waals surface area (Å²) in [6.45, 7) is 6.29. The Morgan fingerprint density at radius 2 is 1.29 bits per heavy atom. The number of halogens is 9. The second kappa shape index (κ2) is 14.0. The Hall–Kier alpha value is -2.96. The summed E-state index contributed by atoms with van der Waals surface area (Å²) in [4.78, 5) is 0. The lowest BCUT2D eigenvalue weighted by molar-refractivity contribution is -0.264. The largest absolute Gasteiger partial charge is 0.534 e. The van der Waals surface area contributed by atoms with Gasteiger partial charge in [-0.25, -0.2) is 0 Å². The molecular formula is C27H29F9O5S. The van der Waals surface area contributed by atoms with Crippen molar-refractivity contribution in [3.05, 3.63) is 64.2 Å². The van der Waals surface area contributed by atoms with Crippen molar-refractivity contribution < 1.29 is 62.0 Å². The molecule has 236 valence electrons. The first kappa shape index (κ1) is 37.1. The lowest BCUT2D eigenvalue weighted by Gasteiger charge is -2.34. The molecule has 0 heterocycles. The highest BCUT2D eigenvalue weighted by atomic mass is 32.2. The molecule has 0 radical (unpaired) electrons. The van der Waals surface area contributed by atoms with Crippen LogP contribution in [0.2, 0.25) is 0 Å². The molecule has 0 aliphatic carbocycles. The first-order chi connectivity index (χ1) is 19.1. The number of benzene rings is 2. The van der Waals surface area contributed by atoms with Gasteiger partial charge in [0, 0.05) is 18.1 Å². The maximum Gasteiger partial charge on any atom is 0.534 e.